The van der Waals surface area contributed by atoms with Crippen LogP contribution >= 0.6 is 23.2 Å². The monoisotopic (exact) mass is 592 g/mol. The number of allylic oxidation sites excluding steroid dienone is 4. The van der Waals surface area contributed by atoms with Crippen molar-refractivity contribution >= 4 is 57.4 Å². The molecule has 6 heteroatoms. The van der Waals surface area contributed by atoms with Crippen molar-refractivity contribution < 1.29 is 0 Å². The second-order valence-electron chi connectivity index (χ2n) is 10.6. The van der Waals surface area contributed by atoms with Crippen LogP contribution in [-0.2, 0) is 12.8 Å². The number of nitrogens with zero attached hydrogens (tertiary/aromatic N) is 2. The molecule has 0 amide bonds. The molecule has 4 aromatic rings. The molecule has 7 aliphatic rings. The van der Waals surface area contributed by atoms with Crippen molar-refractivity contribution in [2.75, 3.05) is 10.6 Å². The highest BCUT2D eigenvalue weighted by Crippen LogP contribution is 2.24. The molecule has 2 N–H and O–H groups in total. The van der Waals surface area contributed by atoms with E-state index in [1.54, 1.807) is 0 Å². The van der Waals surface area contributed by atoms with E-state index in [0.29, 0.717) is 10.1 Å². The fraction of sp³-hybridized carbons (Fsp3) is 0.167. The van der Waals surface area contributed by atoms with E-state index in [-0.39, 0.29) is 0 Å². The zero-order valence-electron chi connectivity index (χ0n) is 24.3. The predicted molar refractivity (Wildman–Crippen MR) is 181 cm³/mol. The summed E-state index contributed by atoms with van der Waals surface area (Å²) in [7, 11) is 0. The Kier molecular flexibility index (Phi) is 9.26. The highest BCUT2D eigenvalue weighted by Gasteiger charge is 2.08. The molecule has 8 bridgehead atoms. The zero-order chi connectivity index (χ0) is 29.6. The molecule has 7 heterocycles. The third kappa shape index (κ3) is 7.58. The topological polar surface area (TPSA) is 48.8 Å². The number of nitrogens with one attached hydrogen (secondary N) is 2. The van der Waals surface area contributed by atoms with Gasteiger partial charge in [0.15, 0.2) is 0 Å². The summed E-state index contributed by atoms with van der Waals surface area (Å²) in [5.41, 5.74) is 11.8. The summed E-state index contributed by atoms with van der Waals surface area (Å²) < 4.78 is 0. The maximum atomic E-state index is 6.71. The van der Waals surface area contributed by atoms with E-state index >= 15 is 0 Å². The molecule has 4 aromatic carbocycles. The van der Waals surface area contributed by atoms with Gasteiger partial charge in [-0.3, -0.25) is 9.98 Å². The lowest BCUT2D eigenvalue weighted by Gasteiger charge is -2.12. The minimum absolute atomic E-state index is 0.606. The predicted octanol–water partition coefficient (Wildman–Crippen LogP) is 10.5. The van der Waals surface area contributed by atoms with E-state index in [2.05, 4.69) is 83.4 Å². The first kappa shape index (κ1) is 29.4. The molecule has 4 nitrogen and oxygen atoms in total. The average molecular weight is 594 g/mol. The second-order valence-corrected chi connectivity index (χ2v) is 11.4. The van der Waals surface area contributed by atoms with Gasteiger partial charge in [0.2, 0.25) is 0 Å². The molecule has 0 fully saturated rings. The average Bonchev–Trinajstić information content (AvgIpc) is 2.99. The highest BCUT2D eigenvalue weighted by atomic mass is 35.5. The van der Waals surface area contributed by atoms with Crippen LogP contribution in [0.25, 0.3) is 0 Å². The highest BCUT2D eigenvalue weighted by molar-refractivity contribution is 6.44. The van der Waals surface area contributed by atoms with Gasteiger partial charge in [-0.15, -0.1) is 0 Å². The molecule has 0 atom stereocenters. The Morgan fingerprint density at radius 3 is 1.05 bits per heavy atom. The van der Waals surface area contributed by atoms with Gasteiger partial charge in [0, 0.05) is 22.8 Å². The molecule has 0 aromatic heterocycles. The largest absolute Gasteiger partial charge is 0.358 e. The Bertz CT molecular complexity index is 1550. The lowest BCUT2D eigenvalue weighted by molar-refractivity contribution is 1.19. The van der Waals surface area contributed by atoms with Crippen molar-refractivity contribution in [3.63, 3.8) is 0 Å². The SMILES string of the molecule is CC1=Nc2ccc(cc2)Cc2ccc(cc2)N=C(C)/C(Cl)=C(/C)Nc2ccc(cc2)Cc2ccc(cc2)N/C(C)=C\1Cl. The lowest BCUT2D eigenvalue weighted by Crippen LogP contribution is -2.03. The molecular weight excluding hydrogens is 559 g/mol. The van der Waals surface area contributed by atoms with Gasteiger partial charge in [-0.05, 0) is 111 Å². The number of hydrogen-bond donors (Lipinski definition) is 2. The molecule has 42 heavy (non-hydrogen) atoms. The summed E-state index contributed by atoms with van der Waals surface area (Å²) in [5.74, 6) is 0. The second kappa shape index (κ2) is 13.2. The van der Waals surface area contributed by atoms with Crippen LogP contribution in [0.2, 0.25) is 0 Å². The van der Waals surface area contributed by atoms with E-state index in [0.717, 1.165) is 58.4 Å². The summed E-state index contributed by atoms with van der Waals surface area (Å²) >= 11 is 13.4. The molecule has 11 rings (SSSR count). The van der Waals surface area contributed by atoms with Crippen molar-refractivity contribution in [3.8, 4) is 0 Å². The molecule has 0 unspecified atom stereocenters. The van der Waals surface area contributed by atoms with E-state index in [9.17, 15) is 0 Å². The Morgan fingerprint density at radius 1 is 0.452 bits per heavy atom. The molecule has 212 valence electrons. The summed E-state index contributed by atoms with van der Waals surface area (Å²) in [6.45, 7) is 7.80. The third-order valence-electron chi connectivity index (χ3n) is 7.15. The van der Waals surface area contributed by atoms with Gasteiger partial charge < -0.3 is 10.6 Å². The van der Waals surface area contributed by atoms with Gasteiger partial charge >= 0.3 is 0 Å². The van der Waals surface area contributed by atoms with Crippen LogP contribution in [0.4, 0.5) is 22.7 Å². The maximum Gasteiger partial charge on any atom is 0.0807 e. The Hall–Kier alpha value is -4.12. The zero-order valence-corrected chi connectivity index (χ0v) is 25.8. The minimum atomic E-state index is 0.606. The van der Waals surface area contributed by atoms with E-state index in [4.69, 9.17) is 33.2 Å². The molecule has 0 aliphatic carbocycles. The number of aliphatic imine (C=N–C) groups is 2. The molecule has 0 radical (unpaired) electrons. The molecule has 0 saturated carbocycles. The van der Waals surface area contributed by atoms with Gasteiger partial charge in [-0.25, -0.2) is 0 Å². The van der Waals surface area contributed by atoms with Crippen LogP contribution in [0.15, 0.2) is 129 Å². The number of halogens is 2. The first-order chi connectivity index (χ1) is 20.2. The smallest absolute Gasteiger partial charge is 0.0807 e. The number of benzene rings is 4. The summed E-state index contributed by atoms with van der Waals surface area (Å²) in [5, 5.41) is 8.05. The maximum absolute atomic E-state index is 6.71. The van der Waals surface area contributed by atoms with Crippen molar-refractivity contribution in [1.29, 1.82) is 0 Å². The van der Waals surface area contributed by atoms with Gasteiger partial charge in [0.25, 0.3) is 0 Å². The standard InChI is InChI=1S/C36H34Cl2N4/c1-23-35(37)24(2)40-32-15-7-28(8-16-32)22-30-11-19-34(20-12-30)42-26(4)36(38)25(3)41-33-17-9-29(10-18-33)21-27-5-13-31(39-23)14-6-27/h5-20,39,41H,21-22H2,1-4H3/b35-23+,36-25+,40-24?,42-26?. The Morgan fingerprint density at radius 2 is 0.738 bits per heavy atom. The van der Waals surface area contributed by atoms with Crippen molar-refractivity contribution in [1.82, 2.24) is 0 Å². The van der Waals surface area contributed by atoms with E-state index in [1.807, 2.05) is 52.0 Å². The summed E-state index contributed by atoms with van der Waals surface area (Å²) in [6.07, 6.45) is 1.65. The van der Waals surface area contributed by atoms with Crippen LogP contribution in [0.1, 0.15) is 49.9 Å². The first-order valence-corrected chi connectivity index (χ1v) is 14.7. The minimum Gasteiger partial charge on any atom is -0.358 e. The summed E-state index contributed by atoms with van der Waals surface area (Å²) in [4.78, 5) is 9.51. The van der Waals surface area contributed by atoms with Crippen molar-refractivity contribution in [3.05, 3.63) is 141 Å². The van der Waals surface area contributed by atoms with Crippen LogP contribution in [0.3, 0.4) is 0 Å². The third-order valence-corrected chi connectivity index (χ3v) is 8.26. The normalized spacial score (nSPS) is 18.1. The van der Waals surface area contributed by atoms with E-state index < -0.39 is 0 Å². The summed E-state index contributed by atoms with van der Waals surface area (Å²) in [6, 6.07) is 33.4. The van der Waals surface area contributed by atoms with Gasteiger partial charge in [0.05, 0.1) is 32.9 Å². The Labute approximate surface area is 258 Å². The fourth-order valence-electron chi connectivity index (χ4n) is 4.83. The number of hydrogen-bond acceptors (Lipinski definition) is 4. The van der Waals surface area contributed by atoms with Crippen molar-refractivity contribution in [2.24, 2.45) is 9.98 Å². The van der Waals surface area contributed by atoms with Gasteiger partial charge in [-0.1, -0.05) is 71.7 Å². The number of rotatable bonds is 0. The van der Waals surface area contributed by atoms with Gasteiger partial charge in [0.1, 0.15) is 0 Å². The lowest BCUT2D eigenvalue weighted by atomic mass is 10.0. The first-order valence-electron chi connectivity index (χ1n) is 14.0. The van der Waals surface area contributed by atoms with Crippen LogP contribution in [0, 0.1) is 0 Å². The van der Waals surface area contributed by atoms with Gasteiger partial charge in [-0.2, -0.15) is 0 Å². The van der Waals surface area contributed by atoms with Crippen molar-refractivity contribution in [2.45, 2.75) is 40.5 Å². The van der Waals surface area contributed by atoms with E-state index in [1.165, 1.54) is 22.3 Å². The molecule has 0 spiro atoms. The van der Waals surface area contributed by atoms with Crippen LogP contribution in [-0.4, -0.2) is 11.4 Å². The fourth-order valence-corrected chi connectivity index (χ4v) is 5.01. The Balaban J connectivity index is 1.47. The number of anilines is 2. The molecule has 0 saturated heterocycles. The quantitative estimate of drug-likeness (QED) is 0.213. The van der Waals surface area contributed by atoms with Crippen LogP contribution < -0.4 is 10.6 Å². The molecular formula is C36H34Cl2N4. The molecule has 7 aliphatic heterocycles. The van der Waals surface area contributed by atoms with Crippen LogP contribution in [0.5, 0.6) is 0 Å².